The van der Waals surface area contributed by atoms with Crippen LogP contribution >= 0.6 is 0 Å². The first kappa shape index (κ1) is 8.26. The molecule has 1 aliphatic heterocycles. The number of Topliss-reactive ketones (excluding diaryl/α,β-unsaturated/α-hetero) is 1. The van der Waals surface area contributed by atoms with E-state index in [1.165, 1.54) is 0 Å². The molecular weight excluding hydrogens is 166 g/mol. The number of hydroxylamine groups is 1. The Morgan fingerprint density at radius 2 is 2.15 bits per heavy atom. The zero-order chi connectivity index (χ0) is 9.42. The molecule has 0 saturated carbocycles. The van der Waals surface area contributed by atoms with Gasteiger partial charge in [-0.1, -0.05) is 12.1 Å². The number of hydrogen-bond donors (Lipinski definition) is 1. The molecule has 68 valence electrons. The average molecular weight is 177 g/mol. The topological polar surface area (TPSA) is 40.5 Å². The number of fused-ring (bicyclic) bond motifs is 1. The van der Waals surface area contributed by atoms with Crippen molar-refractivity contribution in [3.05, 3.63) is 29.8 Å². The number of carbonyl (C=O) groups excluding carboxylic acids is 1. The number of para-hydroxylation sites is 1. The third-order valence-electron chi connectivity index (χ3n) is 2.35. The maximum Gasteiger partial charge on any atom is 0.167 e. The Hall–Kier alpha value is -1.35. The predicted octanol–water partition coefficient (Wildman–Crippen LogP) is 1.86. The summed E-state index contributed by atoms with van der Waals surface area (Å²) in [6, 6.07) is 6.99. The Morgan fingerprint density at radius 3 is 2.92 bits per heavy atom. The Morgan fingerprint density at radius 1 is 1.46 bits per heavy atom. The molecule has 0 aromatic heterocycles. The Balaban J connectivity index is 2.53. The summed E-state index contributed by atoms with van der Waals surface area (Å²) in [6.45, 7) is 1.83. The molecule has 0 fully saturated rings. The molecule has 1 unspecified atom stereocenters. The molecular formula is C10H11NO2. The van der Waals surface area contributed by atoms with Gasteiger partial charge in [0.2, 0.25) is 0 Å². The van der Waals surface area contributed by atoms with Crippen molar-refractivity contribution in [3.8, 4) is 0 Å². The largest absolute Gasteiger partial charge is 0.294 e. The first-order valence-electron chi connectivity index (χ1n) is 4.30. The van der Waals surface area contributed by atoms with Crippen molar-refractivity contribution in [2.75, 3.05) is 5.06 Å². The summed E-state index contributed by atoms with van der Waals surface area (Å²) in [4.78, 5) is 11.5. The van der Waals surface area contributed by atoms with Crippen molar-refractivity contribution in [1.29, 1.82) is 0 Å². The second-order valence-electron chi connectivity index (χ2n) is 3.34. The van der Waals surface area contributed by atoms with E-state index in [0.29, 0.717) is 17.7 Å². The maximum absolute atomic E-state index is 11.5. The number of hydrogen-bond acceptors (Lipinski definition) is 3. The molecule has 1 aliphatic rings. The van der Waals surface area contributed by atoms with Crippen LogP contribution < -0.4 is 5.06 Å². The van der Waals surface area contributed by atoms with Gasteiger partial charge in [0.1, 0.15) is 0 Å². The second-order valence-corrected chi connectivity index (χ2v) is 3.34. The van der Waals surface area contributed by atoms with Gasteiger partial charge in [-0.2, -0.15) is 0 Å². The van der Waals surface area contributed by atoms with Crippen LogP contribution in [0.3, 0.4) is 0 Å². The van der Waals surface area contributed by atoms with Crippen LogP contribution in [-0.2, 0) is 0 Å². The summed E-state index contributed by atoms with van der Waals surface area (Å²) in [7, 11) is 0. The van der Waals surface area contributed by atoms with Gasteiger partial charge >= 0.3 is 0 Å². The minimum Gasteiger partial charge on any atom is -0.294 e. The van der Waals surface area contributed by atoms with E-state index < -0.39 is 0 Å². The van der Waals surface area contributed by atoms with Crippen molar-refractivity contribution in [3.63, 3.8) is 0 Å². The average Bonchev–Trinajstić information content (AvgIpc) is 2.15. The zero-order valence-corrected chi connectivity index (χ0v) is 7.40. The molecule has 0 aliphatic carbocycles. The van der Waals surface area contributed by atoms with Gasteiger partial charge < -0.3 is 0 Å². The predicted molar refractivity (Wildman–Crippen MR) is 49.1 cm³/mol. The summed E-state index contributed by atoms with van der Waals surface area (Å²) in [5.41, 5.74) is 1.23. The fourth-order valence-electron chi connectivity index (χ4n) is 1.61. The van der Waals surface area contributed by atoms with Crippen LogP contribution in [0.25, 0.3) is 0 Å². The number of rotatable bonds is 0. The monoisotopic (exact) mass is 177 g/mol. The van der Waals surface area contributed by atoms with Gasteiger partial charge in [0.15, 0.2) is 5.78 Å². The summed E-state index contributed by atoms with van der Waals surface area (Å²) in [6.07, 6.45) is 0.382. The molecule has 13 heavy (non-hydrogen) atoms. The minimum atomic E-state index is -0.123. The van der Waals surface area contributed by atoms with Crippen molar-refractivity contribution < 1.29 is 10.0 Å². The molecule has 3 nitrogen and oxygen atoms in total. The lowest BCUT2D eigenvalue weighted by Gasteiger charge is -2.30. The third-order valence-corrected chi connectivity index (χ3v) is 2.35. The molecule has 1 atom stereocenters. The minimum absolute atomic E-state index is 0.105. The van der Waals surface area contributed by atoms with Gasteiger partial charge in [-0.3, -0.25) is 15.1 Å². The normalized spacial score (nSPS) is 21.5. The van der Waals surface area contributed by atoms with Gasteiger partial charge in [0.05, 0.1) is 11.7 Å². The number of nitrogens with zero attached hydrogens (tertiary/aromatic N) is 1. The summed E-state index contributed by atoms with van der Waals surface area (Å²) in [5, 5.41) is 10.8. The lowest BCUT2D eigenvalue weighted by molar-refractivity contribution is 0.0934. The van der Waals surface area contributed by atoms with Crippen molar-refractivity contribution >= 4 is 11.5 Å². The second kappa shape index (κ2) is 2.85. The van der Waals surface area contributed by atoms with Crippen LogP contribution in [0.4, 0.5) is 5.69 Å². The van der Waals surface area contributed by atoms with E-state index in [1.807, 2.05) is 13.0 Å². The van der Waals surface area contributed by atoms with Gasteiger partial charge in [0, 0.05) is 12.0 Å². The smallest absolute Gasteiger partial charge is 0.167 e. The quantitative estimate of drug-likeness (QED) is 0.657. The highest BCUT2D eigenvalue weighted by Crippen LogP contribution is 2.28. The van der Waals surface area contributed by atoms with Gasteiger partial charge in [-0.15, -0.1) is 0 Å². The molecule has 0 radical (unpaired) electrons. The molecule has 1 heterocycles. The van der Waals surface area contributed by atoms with Crippen LogP contribution in [0.5, 0.6) is 0 Å². The van der Waals surface area contributed by atoms with Crippen LogP contribution in [-0.4, -0.2) is 17.0 Å². The Labute approximate surface area is 76.6 Å². The standard InChI is InChI=1S/C10H11NO2/c1-7-6-10(12)8-4-2-3-5-9(8)11(7)13/h2-5,7,13H,6H2,1H3. The molecule has 2 rings (SSSR count). The molecule has 0 spiro atoms. The summed E-state index contributed by atoms with van der Waals surface area (Å²) >= 11 is 0. The molecule has 1 aromatic carbocycles. The number of anilines is 1. The molecule has 3 heteroatoms. The zero-order valence-electron chi connectivity index (χ0n) is 7.40. The van der Waals surface area contributed by atoms with Gasteiger partial charge in [-0.25, -0.2) is 0 Å². The van der Waals surface area contributed by atoms with Crippen LogP contribution in [0.1, 0.15) is 23.7 Å². The Kier molecular flexibility index (Phi) is 1.81. The van der Waals surface area contributed by atoms with Crippen molar-refractivity contribution in [1.82, 2.24) is 0 Å². The van der Waals surface area contributed by atoms with E-state index in [4.69, 9.17) is 0 Å². The summed E-state index contributed by atoms with van der Waals surface area (Å²) in [5.74, 6) is 0.105. The van der Waals surface area contributed by atoms with Gasteiger partial charge in [-0.05, 0) is 19.1 Å². The van der Waals surface area contributed by atoms with E-state index in [2.05, 4.69) is 0 Å². The molecule has 0 amide bonds. The lowest BCUT2D eigenvalue weighted by atomic mass is 9.97. The highest BCUT2D eigenvalue weighted by Gasteiger charge is 2.26. The van der Waals surface area contributed by atoms with Gasteiger partial charge in [0.25, 0.3) is 0 Å². The number of carbonyl (C=O) groups is 1. The lowest BCUT2D eigenvalue weighted by Crippen LogP contribution is -2.36. The van der Waals surface area contributed by atoms with Crippen LogP contribution in [0.2, 0.25) is 0 Å². The molecule has 1 aromatic rings. The van der Waals surface area contributed by atoms with Crippen LogP contribution in [0, 0.1) is 0 Å². The first-order chi connectivity index (χ1) is 6.20. The third kappa shape index (κ3) is 1.21. The molecule has 0 saturated heterocycles. The fourth-order valence-corrected chi connectivity index (χ4v) is 1.61. The highest BCUT2D eigenvalue weighted by molar-refractivity contribution is 6.03. The van der Waals surface area contributed by atoms with E-state index in [0.717, 1.165) is 5.06 Å². The van der Waals surface area contributed by atoms with E-state index in [9.17, 15) is 10.0 Å². The van der Waals surface area contributed by atoms with E-state index in [-0.39, 0.29) is 11.8 Å². The van der Waals surface area contributed by atoms with E-state index in [1.54, 1.807) is 18.2 Å². The Bertz CT molecular complexity index is 349. The maximum atomic E-state index is 11.5. The molecule has 1 N–H and O–H groups in total. The fraction of sp³-hybridized carbons (Fsp3) is 0.300. The number of benzene rings is 1. The SMILES string of the molecule is CC1CC(=O)c2ccccc2N1O. The summed E-state index contributed by atoms with van der Waals surface area (Å²) < 4.78 is 0. The van der Waals surface area contributed by atoms with Crippen molar-refractivity contribution in [2.24, 2.45) is 0 Å². The van der Waals surface area contributed by atoms with Crippen LogP contribution in [0.15, 0.2) is 24.3 Å². The first-order valence-corrected chi connectivity index (χ1v) is 4.30. The number of ketones is 1. The van der Waals surface area contributed by atoms with Crippen molar-refractivity contribution in [2.45, 2.75) is 19.4 Å². The molecule has 0 bridgehead atoms. The highest BCUT2D eigenvalue weighted by atomic mass is 16.5. The van der Waals surface area contributed by atoms with E-state index >= 15 is 0 Å².